The van der Waals surface area contributed by atoms with Crippen LogP contribution in [0.2, 0.25) is 0 Å². The maximum absolute atomic E-state index is 12.5. The Balaban J connectivity index is 1.83. The second-order valence-electron chi connectivity index (χ2n) is 5.55. The fourth-order valence-electron chi connectivity index (χ4n) is 2.75. The highest BCUT2D eigenvalue weighted by Gasteiger charge is 2.23. The van der Waals surface area contributed by atoms with Gasteiger partial charge in [0.25, 0.3) is 5.91 Å². The molecule has 20 heavy (non-hydrogen) atoms. The molecule has 1 heterocycles. The van der Waals surface area contributed by atoms with Crippen LogP contribution in [0, 0.1) is 13.8 Å². The first-order valence-corrected chi connectivity index (χ1v) is 7.08. The second-order valence-corrected chi connectivity index (χ2v) is 5.55. The third kappa shape index (κ3) is 2.34. The molecule has 2 heteroatoms. The summed E-state index contributed by atoms with van der Waals surface area (Å²) in [7, 11) is 0. The lowest BCUT2D eigenvalue weighted by atomic mass is 9.98. The van der Waals surface area contributed by atoms with Crippen molar-refractivity contribution in [3.8, 4) is 0 Å². The number of carbonyl (C=O) groups is 1. The predicted octanol–water partition coefficient (Wildman–Crippen LogP) is 3.50. The van der Waals surface area contributed by atoms with Gasteiger partial charge in [0, 0.05) is 18.7 Å². The van der Waals surface area contributed by atoms with Crippen LogP contribution in [0.3, 0.4) is 0 Å². The van der Waals surface area contributed by atoms with Crippen LogP contribution in [0.5, 0.6) is 0 Å². The number of rotatable bonds is 2. The van der Waals surface area contributed by atoms with Crippen molar-refractivity contribution in [3.05, 3.63) is 70.3 Å². The van der Waals surface area contributed by atoms with Gasteiger partial charge >= 0.3 is 0 Å². The van der Waals surface area contributed by atoms with Gasteiger partial charge < -0.3 is 4.90 Å². The zero-order valence-corrected chi connectivity index (χ0v) is 12.0. The Hall–Kier alpha value is -2.09. The zero-order valence-electron chi connectivity index (χ0n) is 12.0. The molecule has 1 amide bonds. The van der Waals surface area contributed by atoms with Crippen LogP contribution in [0.1, 0.15) is 32.6 Å². The summed E-state index contributed by atoms with van der Waals surface area (Å²) < 4.78 is 0. The minimum absolute atomic E-state index is 0.157. The largest absolute Gasteiger partial charge is 0.334 e. The Morgan fingerprint density at radius 3 is 2.65 bits per heavy atom. The summed E-state index contributed by atoms with van der Waals surface area (Å²) in [6.45, 7) is 5.74. The quantitative estimate of drug-likeness (QED) is 0.813. The van der Waals surface area contributed by atoms with Gasteiger partial charge in [-0.2, -0.15) is 0 Å². The van der Waals surface area contributed by atoms with Gasteiger partial charge in [-0.1, -0.05) is 36.4 Å². The van der Waals surface area contributed by atoms with E-state index in [4.69, 9.17) is 0 Å². The maximum atomic E-state index is 12.5. The average molecular weight is 265 g/mol. The van der Waals surface area contributed by atoms with Crippen LogP contribution in [0.15, 0.2) is 42.5 Å². The van der Waals surface area contributed by atoms with E-state index in [-0.39, 0.29) is 5.91 Å². The first-order chi connectivity index (χ1) is 9.65. The molecule has 2 aromatic carbocycles. The van der Waals surface area contributed by atoms with Crippen molar-refractivity contribution >= 4 is 5.91 Å². The Bertz CT molecular complexity index is 660. The molecule has 0 saturated carbocycles. The molecule has 2 aromatic rings. The number of nitrogens with zero attached hydrogens (tertiary/aromatic N) is 1. The molecule has 0 radical (unpaired) electrons. The van der Waals surface area contributed by atoms with Crippen LogP contribution in [-0.2, 0) is 13.0 Å². The molecular weight excluding hydrogens is 246 g/mol. The summed E-state index contributed by atoms with van der Waals surface area (Å²) in [6, 6.07) is 14.4. The highest BCUT2D eigenvalue weighted by molar-refractivity contribution is 5.96. The lowest BCUT2D eigenvalue weighted by Gasteiger charge is -2.28. The van der Waals surface area contributed by atoms with E-state index in [1.165, 1.54) is 22.3 Å². The summed E-state index contributed by atoms with van der Waals surface area (Å²) in [5, 5.41) is 0. The Morgan fingerprint density at radius 1 is 1.05 bits per heavy atom. The minimum atomic E-state index is 0.157. The number of hydrogen-bond acceptors (Lipinski definition) is 1. The van der Waals surface area contributed by atoms with Crippen LogP contribution in [0.25, 0.3) is 0 Å². The highest BCUT2D eigenvalue weighted by atomic mass is 16.2. The molecule has 2 nitrogen and oxygen atoms in total. The second kappa shape index (κ2) is 5.12. The van der Waals surface area contributed by atoms with Crippen molar-refractivity contribution in [1.82, 2.24) is 4.90 Å². The van der Waals surface area contributed by atoms with E-state index in [0.717, 1.165) is 18.5 Å². The number of amides is 1. The normalized spacial score (nSPS) is 14.3. The van der Waals surface area contributed by atoms with Gasteiger partial charge in [0.15, 0.2) is 0 Å². The molecule has 0 spiro atoms. The number of carbonyl (C=O) groups excluding carboxylic acids is 1. The monoisotopic (exact) mass is 265 g/mol. The fourth-order valence-corrected chi connectivity index (χ4v) is 2.75. The number of aryl methyl sites for hydroxylation is 2. The molecule has 0 aromatic heterocycles. The lowest BCUT2D eigenvalue weighted by molar-refractivity contribution is 0.0727. The molecule has 0 fully saturated rings. The Morgan fingerprint density at radius 2 is 1.85 bits per heavy atom. The molecule has 1 aliphatic rings. The van der Waals surface area contributed by atoms with Crippen LogP contribution in [0.4, 0.5) is 0 Å². The van der Waals surface area contributed by atoms with E-state index in [0.29, 0.717) is 6.54 Å². The fraction of sp³-hybridized carbons (Fsp3) is 0.278. The number of hydrogen-bond donors (Lipinski definition) is 0. The molecule has 0 N–H and O–H groups in total. The van der Waals surface area contributed by atoms with Gasteiger partial charge in [-0.3, -0.25) is 4.79 Å². The van der Waals surface area contributed by atoms with Crippen molar-refractivity contribution < 1.29 is 4.79 Å². The van der Waals surface area contributed by atoms with Gasteiger partial charge in [0.05, 0.1) is 0 Å². The van der Waals surface area contributed by atoms with Crippen molar-refractivity contribution in [2.75, 3.05) is 6.54 Å². The topological polar surface area (TPSA) is 20.3 Å². The van der Waals surface area contributed by atoms with E-state index >= 15 is 0 Å². The smallest absolute Gasteiger partial charge is 0.254 e. The van der Waals surface area contributed by atoms with Crippen LogP contribution in [-0.4, -0.2) is 17.4 Å². The molecule has 0 atom stereocenters. The minimum Gasteiger partial charge on any atom is -0.334 e. The lowest BCUT2D eigenvalue weighted by Crippen LogP contribution is -2.36. The number of fused-ring (bicyclic) bond motifs is 1. The van der Waals surface area contributed by atoms with Crippen molar-refractivity contribution in [2.24, 2.45) is 0 Å². The summed E-state index contributed by atoms with van der Waals surface area (Å²) in [5.74, 6) is 0.157. The van der Waals surface area contributed by atoms with Gasteiger partial charge in [0.1, 0.15) is 0 Å². The van der Waals surface area contributed by atoms with Gasteiger partial charge in [0.2, 0.25) is 0 Å². The summed E-state index contributed by atoms with van der Waals surface area (Å²) in [4.78, 5) is 14.4. The average Bonchev–Trinajstić information content (AvgIpc) is 2.46. The summed E-state index contributed by atoms with van der Waals surface area (Å²) in [6.07, 6.45) is 0.951. The molecule has 3 rings (SSSR count). The van der Waals surface area contributed by atoms with E-state index < -0.39 is 0 Å². The van der Waals surface area contributed by atoms with Gasteiger partial charge in [-0.25, -0.2) is 0 Å². The van der Waals surface area contributed by atoms with Gasteiger partial charge in [-0.15, -0.1) is 0 Å². The number of benzene rings is 2. The SMILES string of the molecule is Cc1ccc(CN2CCc3ccccc3C2=O)cc1C. The van der Waals surface area contributed by atoms with Crippen molar-refractivity contribution in [1.29, 1.82) is 0 Å². The standard InChI is InChI=1S/C18H19NO/c1-13-7-8-15(11-14(13)2)12-19-10-9-16-5-3-4-6-17(16)18(19)20/h3-8,11H,9-10,12H2,1-2H3. The molecule has 0 bridgehead atoms. The summed E-state index contributed by atoms with van der Waals surface area (Å²) in [5.41, 5.74) is 5.83. The predicted molar refractivity (Wildman–Crippen MR) is 80.8 cm³/mol. The van der Waals surface area contributed by atoms with E-state index in [1.807, 2.05) is 23.1 Å². The summed E-state index contributed by atoms with van der Waals surface area (Å²) >= 11 is 0. The zero-order chi connectivity index (χ0) is 14.1. The maximum Gasteiger partial charge on any atom is 0.254 e. The molecular formula is C18H19NO. The Labute approximate surface area is 120 Å². The van der Waals surface area contributed by atoms with E-state index in [2.05, 4.69) is 38.1 Å². The van der Waals surface area contributed by atoms with Crippen LogP contribution < -0.4 is 0 Å². The first-order valence-electron chi connectivity index (χ1n) is 7.08. The van der Waals surface area contributed by atoms with Crippen LogP contribution >= 0.6 is 0 Å². The first kappa shape index (κ1) is 12.9. The van der Waals surface area contributed by atoms with E-state index in [1.54, 1.807) is 0 Å². The third-order valence-electron chi connectivity index (χ3n) is 4.13. The third-order valence-corrected chi connectivity index (χ3v) is 4.13. The molecule has 0 saturated heterocycles. The molecule has 0 aliphatic carbocycles. The van der Waals surface area contributed by atoms with Crippen molar-refractivity contribution in [3.63, 3.8) is 0 Å². The highest BCUT2D eigenvalue weighted by Crippen LogP contribution is 2.21. The molecule has 102 valence electrons. The molecule has 1 aliphatic heterocycles. The van der Waals surface area contributed by atoms with Gasteiger partial charge in [-0.05, 0) is 48.6 Å². The molecule has 0 unspecified atom stereocenters. The van der Waals surface area contributed by atoms with Crippen molar-refractivity contribution in [2.45, 2.75) is 26.8 Å². The Kier molecular flexibility index (Phi) is 3.31. The van der Waals surface area contributed by atoms with E-state index in [9.17, 15) is 4.79 Å².